The lowest BCUT2D eigenvalue weighted by Crippen LogP contribution is -2.38. The Bertz CT molecular complexity index is 529. The van der Waals surface area contributed by atoms with Gasteiger partial charge in [0, 0.05) is 11.4 Å². The first-order valence-electron chi connectivity index (χ1n) is 5.68. The van der Waals surface area contributed by atoms with Crippen molar-refractivity contribution in [2.45, 2.75) is 19.4 Å². The number of carbonyl (C=O) groups is 1. The summed E-state index contributed by atoms with van der Waals surface area (Å²) in [5.74, 6) is 0.412. The summed E-state index contributed by atoms with van der Waals surface area (Å²) in [7, 11) is 0. The van der Waals surface area contributed by atoms with Gasteiger partial charge in [-0.25, -0.2) is 0 Å². The molecule has 0 spiro atoms. The molecule has 0 saturated heterocycles. The van der Waals surface area contributed by atoms with Crippen molar-refractivity contribution in [3.8, 4) is 0 Å². The Morgan fingerprint density at radius 2 is 2.41 bits per heavy atom. The number of rotatable bonds is 1. The van der Waals surface area contributed by atoms with Gasteiger partial charge in [0.2, 0.25) is 0 Å². The number of furan rings is 1. The van der Waals surface area contributed by atoms with Gasteiger partial charge in [0.05, 0.1) is 12.3 Å². The average Bonchev–Trinajstić information content (AvgIpc) is 3.00. The molecular weight excluding hydrogens is 234 g/mol. The largest absolute Gasteiger partial charge is 0.459 e. The van der Waals surface area contributed by atoms with E-state index >= 15 is 0 Å². The second-order valence-electron chi connectivity index (χ2n) is 4.20. The van der Waals surface area contributed by atoms with Gasteiger partial charge in [-0.2, -0.15) is 0 Å². The Kier molecular flexibility index (Phi) is 2.52. The van der Waals surface area contributed by atoms with Crippen LogP contribution in [0.4, 0.5) is 0 Å². The molecule has 3 heterocycles. The van der Waals surface area contributed by atoms with E-state index in [-0.39, 0.29) is 11.9 Å². The van der Waals surface area contributed by atoms with Crippen molar-refractivity contribution in [1.29, 1.82) is 0 Å². The molecule has 0 N–H and O–H groups in total. The summed E-state index contributed by atoms with van der Waals surface area (Å²) >= 11 is 1.78. The summed E-state index contributed by atoms with van der Waals surface area (Å²) in [6.45, 7) is 2.85. The molecule has 2 aromatic rings. The molecule has 1 aliphatic rings. The summed E-state index contributed by atoms with van der Waals surface area (Å²) in [4.78, 5) is 15.5. The average molecular weight is 247 g/mol. The van der Waals surface area contributed by atoms with Crippen molar-refractivity contribution in [1.82, 2.24) is 4.90 Å². The van der Waals surface area contributed by atoms with Crippen LogP contribution in [0, 0.1) is 0 Å². The lowest BCUT2D eigenvalue weighted by Gasteiger charge is -2.32. The molecule has 0 saturated carbocycles. The monoisotopic (exact) mass is 247 g/mol. The number of hydrogen-bond donors (Lipinski definition) is 0. The van der Waals surface area contributed by atoms with E-state index in [4.69, 9.17) is 4.42 Å². The molecule has 0 radical (unpaired) electrons. The van der Waals surface area contributed by atoms with Crippen LogP contribution in [0.3, 0.4) is 0 Å². The van der Waals surface area contributed by atoms with Crippen molar-refractivity contribution in [3.05, 3.63) is 46.0 Å². The molecule has 0 fully saturated rings. The van der Waals surface area contributed by atoms with Crippen molar-refractivity contribution < 1.29 is 9.21 Å². The highest BCUT2D eigenvalue weighted by atomic mass is 32.1. The number of amides is 1. The molecule has 88 valence electrons. The molecule has 0 bridgehead atoms. The predicted molar refractivity (Wildman–Crippen MR) is 66.2 cm³/mol. The van der Waals surface area contributed by atoms with Crippen molar-refractivity contribution >= 4 is 17.2 Å². The summed E-state index contributed by atoms with van der Waals surface area (Å²) in [6.07, 6.45) is 2.49. The van der Waals surface area contributed by atoms with Crippen molar-refractivity contribution in [2.75, 3.05) is 6.54 Å². The van der Waals surface area contributed by atoms with E-state index in [9.17, 15) is 4.79 Å². The topological polar surface area (TPSA) is 33.5 Å². The molecule has 1 amide bonds. The first kappa shape index (κ1) is 10.6. The lowest BCUT2D eigenvalue weighted by molar-refractivity contribution is 0.0646. The van der Waals surface area contributed by atoms with Gasteiger partial charge in [-0.1, -0.05) is 0 Å². The predicted octanol–water partition coefficient (Wildman–Crippen LogP) is 3.10. The second kappa shape index (κ2) is 4.04. The summed E-state index contributed by atoms with van der Waals surface area (Å²) < 4.78 is 5.18. The fourth-order valence-electron chi connectivity index (χ4n) is 2.33. The van der Waals surface area contributed by atoms with Gasteiger partial charge in [-0.3, -0.25) is 4.79 Å². The van der Waals surface area contributed by atoms with Crippen LogP contribution in [-0.2, 0) is 6.42 Å². The van der Waals surface area contributed by atoms with Crippen LogP contribution in [-0.4, -0.2) is 17.4 Å². The maximum absolute atomic E-state index is 12.2. The van der Waals surface area contributed by atoms with E-state index in [0.717, 1.165) is 13.0 Å². The maximum Gasteiger partial charge on any atom is 0.290 e. The molecule has 0 aliphatic carbocycles. The fourth-order valence-corrected chi connectivity index (χ4v) is 3.29. The van der Waals surface area contributed by atoms with Gasteiger partial charge in [0.1, 0.15) is 0 Å². The smallest absolute Gasteiger partial charge is 0.290 e. The molecule has 0 aromatic carbocycles. The number of carbonyl (C=O) groups excluding carboxylic acids is 1. The van der Waals surface area contributed by atoms with Crippen molar-refractivity contribution in [2.24, 2.45) is 0 Å². The minimum atomic E-state index is -0.0145. The quantitative estimate of drug-likeness (QED) is 0.776. The third kappa shape index (κ3) is 1.69. The van der Waals surface area contributed by atoms with E-state index in [1.165, 1.54) is 16.7 Å². The van der Waals surface area contributed by atoms with Crippen LogP contribution in [0.5, 0.6) is 0 Å². The Hall–Kier alpha value is -1.55. The Morgan fingerprint density at radius 3 is 3.18 bits per heavy atom. The van der Waals surface area contributed by atoms with E-state index in [2.05, 4.69) is 18.4 Å². The minimum absolute atomic E-state index is 0.0145. The van der Waals surface area contributed by atoms with Gasteiger partial charge in [-0.05, 0) is 42.5 Å². The van der Waals surface area contributed by atoms with Crippen LogP contribution >= 0.6 is 11.3 Å². The molecule has 1 atom stereocenters. The van der Waals surface area contributed by atoms with Gasteiger partial charge in [-0.15, -0.1) is 11.3 Å². The van der Waals surface area contributed by atoms with E-state index in [0.29, 0.717) is 5.76 Å². The van der Waals surface area contributed by atoms with E-state index < -0.39 is 0 Å². The highest BCUT2D eigenvalue weighted by Gasteiger charge is 2.29. The lowest BCUT2D eigenvalue weighted by atomic mass is 10.0. The number of hydrogen-bond acceptors (Lipinski definition) is 3. The highest BCUT2D eigenvalue weighted by Crippen LogP contribution is 2.33. The van der Waals surface area contributed by atoms with Crippen LogP contribution in [0.15, 0.2) is 34.3 Å². The summed E-state index contributed by atoms with van der Waals surface area (Å²) in [6, 6.07) is 5.73. The molecule has 2 aromatic heterocycles. The maximum atomic E-state index is 12.2. The van der Waals surface area contributed by atoms with Crippen LogP contribution in [0.2, 0.25) is 0 Å². The summed E-state index contributed by atoms with van der Waals surface area (Å²) in [5.41, 5.74) is 1.28. The Labute approximate surface area is 104 Å². The molecule has 17 heavy (non-hydrogen) atoms. The third-order valence-electron chi connectivity index (χ3n) is 3.27. The first-order valence-corrected chi connectivity index (χ1v) is 6.56. The summed E-state index contributed by atoms with van der Waals surface area (Å²) in [5, 5.41) is 2.10. The Morgan fingerprint density at radius 1 is 1.53 bits per heavy atom. The van der Waals surface area contributed by atoms with Gasteiger partial charge >= 0.3 is 0 Å². The highest BCUT2D eigenvalue weighted by molar-refractivity contribution is 7.10. The van der Waals surface area contributed by atoms with Gasteiger partial charge in [0.25, 0.3) is 5.91 Å². The third-order valence-corrected chi connectivity index (χ3v) is 4.27. The van der Waals surface area contributed by atoms with E-state index in [1.54, 1.807) is 23.5 Å². The second-order valence-corrected chi connectivity index (χ2v) is 5.20. The zero-order valence-electron chi connectivity index (χ0n) is 9.55. The molecule has 3 nitrogen and oxygen atoms in total. The molecule has 1 aliphatic heterocycles. The molecule has 4 heteroatoms. The van der Waals surface area contributed by atoms with Crippen molar-refractivity contribution in [3.63, 3.8) is 0 Å². The van der Waals surface area contributed by atoms with Crippen LogP contribution in [0.1, 0.15) is 34.0 Å². The van der Waals surface area contributed by atoms with Crippen LogP contribution < -0.4 is 0 Å². The normalized spacial score (nSPS) is 19.1. The minimum Gasteiger partial charge on any atom is -0.459 e. The van der Waals surface area contributed by atoms with Gasteiger partial charge in [0.15, 0.2) is 5.76 Å². The van der Waals surface area contributed by atoms with Gasteiger partial charge < -0.3 is 9.32 Å². The zero-order chi connectivity index (χ0) is 11.8. The first-order chi connectivity index (χ1) is 8.27. The molecule has 3 rings (SSSR count). The number of nitrogens with zero attached hydrogens (tertiary/aromatic N) is 1. The number of fused-ring (bicyclic) bond motifs is 1. The SMILES string of the molecule is C[C@H]1c2ccsc2CCN1C(=O)c1ccco1. The number of thiophene rings is 1. The van der Waals surface area contributed by atoms with E-state index in [1.807, 2.05) is 4.90 Å². The fraction of sp³-hybridized carbons (Fsp3) is 0.308. The Balaban J connectivity index is 1.89. The zero-order valence-corrected chi connectivity index (χ0v) is 10.4. The van der Waals surface area contributed by atoms with Crippen LogP contribution in [0.25, 0.3) is 0 Å². The molecular formula is C13H13NO2S. The molecule has 0 unspecified atom stereocenters. The standard InChI is InChI=1S/C13H13NO2S/c1-9-10-5-8-17-12(10)4-6-14(9)13(15)11-3-2-7-16-11/h2-3,5,7-9H,4,6H2,1H3/t9-/m0/s1.